The molecule has 0 bridgehead atoms. The van der Waals surface area contributed by atoms with Gasteiger partial charge < -0.3 is 10.0 Å². The molecule has 0 aliphatic rings. The van der Waals surface area contributed by atoms with Crippen LogP contribution in [0.2, 0.25) is 0 Å². The second kappa shape index (κ2) is 9.10. The summed E-state index contributed by atoms with van der Waals surface area (Å²) in [5.41, 5.74) is 3.27. The Labute approximate surface area is 137 Å². The molecule has 0 saturated carbocycles. The molecule has 0 spiro atoms. The predicted molar refractivity (Wildman–Crippen MR) is 91.3 cm³/mol. The minimum atomic E-state index is -0.707. The average molecular weight is 315 g/mol. The lowest BCUT2D eigenvalue weighted by atomic mass is 10.1. The number of hydrogen-bond donors (Lipinski definition) is 2. The Morgan fingerprint density at radius 1 is 1.17 bits per heavy atom. The van der Waals surface area contributed by atoms with E-state index in [2.05, 4.69) is 40.3 Å². The second-order valence-electron chi connectivity index (χ2n) is 5.90. The van der Waals surface area contributed by atoms with Crippen LogP contribution in [0.5, 0.6) is 0 Å². The van der Waals surface area contributed by atoms with Crippen LogP contribution in [0.1, 0.15) is 31.4 Å². The maximum Gasteiger partial charge on any atom is 0.303 e. The zero-order valence-electron chi connectivity index (χ0n) is 13.7. The van der Waals surface area contributed by atoms with Crippen LogP contribution in [0.4, 0.5) is 0 Å². The van der Waals surface area contributed by atoms with Gasteiger partial charge in [-0.15, -0.1) is 0 Å². The van der Waals surface area contributed by atoms with Crippen molar-refractivity contribution in [2.75, 3.05) is 20.1 Å². The summed E-state index contributed by atoms with van der Waals surface area (Å²) in [6.45, 7) is 1.96. The number of aryl methyl sites for hydroxylation is 1. The highest BCUT2D eigenvalue weighted by molar-refractivity contribution is 5.66. The molecule has 0 fully saturated rings. The lowest BCUT2D eigenvalue weighted by Gasteiger charge is -2.15. The van der Waals surface area contributed by atoms with Gasteiger partial charge in [-0.25, -0.2) is 0 Å². The first-order valence-electron chi connectivity index (χ1n) is 8.15. The molecule has 0 saturated heterocycles. The van der Waals surface area contributed by atoms with Crippen molar-refractivity contribution in [1.29, 1.82) is 0 Å². The smallest absolute Gasteiger partial charge is 0.303 e. The topological polar surface area (TPSA) is 69.2 Å². The molecule has 2 rings (SSSR count). The van der Waals surface area contributed by atoms with Gasteiger partial charge in [-0.2, -0.15) is 5.10 Å². The van der Waals surface area contributed by atoms with Gasteiger partial charge >= 0.3 is 5.97 Å². The fraction of sp³-hybridized carbons (Fsp3) is 0.444. The zero-order valence-corrected chi connectivity index (χ0v) is 13.7. The van der Waals surface area contributed by atoms with Gasteiger partial charge in [0.1, 0.15) is 0 Å². The highest BCUT2D eigenvalue weighted by Crippen LogP contribution is 2.17. The number of carbonyl (C=O) groups is 1. The number of rotatable bonds is 10. The normalized spacial score (nSPS) is 11.0. The predicted octanol–water partition coefficient (Wildman–Crippen LogP) is 3.20. The molecule has 0 aliphatic carbocycles. The van der Waals surface area contributed by atoms with Crippen LogP contribution >= 0.6 is 0 Å². The van der Waals surface area contributed by atoms with Gasteiger partial charge in [0.05, 0.1) is 5.69 Å². The van der Waals surface area contributed by atoms with E-state index in [0.717, 1.165) is 55.7 Å². The average Bonchev–Trinajstić information content (AvgIpc) is 3.01. The number of nitrogens with one attached hydrogen (secondary N) is 1. The molecule has 5 nitrogen and oxygen atoms in total. The molecule has 1 heterocycles. The molecular formula is C18H25N3O2. The number of aliphatic carboxylic acids is 1. The van der Waals surface area contributed by atoms with E-state index >= 15 is 0 Å². The number of carboxylic acid groups (broad SMARTS) is 1. The minimum absolute atomic E-state index is 0.268. The van der Waals surface area contributed by atoms with Crippen molar-refractivity contribution in [2.45, 2.75) is 32.1 Å². The van der Waals surface area contributed by atoms with E-state index in [1.807, 2.05) is 18.2 Å². The molecule has 0 unspecified atom stereocenters. The Morgan fingerprint density at radius 3 is 2.65 bits per heavy atom. The maximum atomic E-state index is 10.5. The van der Waals surface area contributed by atoms with Crippen LogP contribution in [0.25, 0.3) is 11.3 Å². The van der Waals surface area contributed by atoms with E-state index in [-0.39, 0.29) is 6.42 Å². The summed E-state index contributed by atoms with van der Waals surface area (Å²) in [5.74, 6) is -0.707. The summed E-state index contributed by atoms with van der Waals surface area (Å²) in [6, 6.07) is 12.3. The quantitative estimate of drug-likeness (QED) is 0.661. The summed E-state index contributed by atoms with van der Waals surface area (Å²) in [5, 5.41) is 16.1. The fourth-order valence-electron chi connectivity index (χ4n) is 2.56. The van der Waals surface area contributed by atoms with Crippen molar-refractivity contribution in [1.82, 2.24) is 15.1 Å². The first-order valence-corrected chi connectivity index (χ1v) is 8.15. The van der Waals surface area contributed by atoms with Crippen LogP contribution in [0.3, 0.4) is 0 Å². The minimum Gasteiger partial charge on any atom is -0.481 e. The number of nitrogens with zero attached hydrogens (tertiary/aromatic N) is 2. The van der Waals surface area contributed by atoms with Crippen LogP contribution in [-0.2, 0) is 11.2 Å². The Morgan fingerprint density at radius 2 is 1.91 bits per heavy atom. The second-order valence-corrected chi connectivity index (χ2v) is 5.90. The fourth-order valence-corrected chi connectivity index (χ4v) is 2.56. The molecule has 0 atom stereocenters. The Balaban J connectivity index is 1.66. The molecule has 0 radical (unpaired) electrons. The van der Waals surface area contributed by atoms with Gasteiger partial charge in [0, 0.05) is 17.7 Å². The Kier molecular flexibility index (Phi) is 6.81. The number of aromatic nitrogens is 2. The summed E-state index contributed by atoms with van der Waals surface area (Å²) in [6.07, 6.45) is 3.99. The Hall–Kier alpha value is -2.14. The summed E-state index contributed by atoms with van der Waals surface area (Å²) in [4.78, 5) is 12.7. The molecular weight excluding hydrogens is 290 g/mol. The van der Waals surface area contributed by atoms with Crippen molar-refractivity contribution in [2.24, 2.45) is 0 Å². The molecule has 0 amide bonds. The first kappa shape index (κ1) is 17.2. The highest BCUT2D eigenvalue weighted by Gasteiger charge is 2.05. The van der Waals surface area contributed by atoms with E-state index in [0.29, 0.717) is 0 Å². The number of aromatic amines is 1. The third-order valence-electron chi connectivity index (χ3n) is 3.87. The molecule has 2 aromatic rings. The van der Waals surface area contributed by atoms with Crippen molar-refractivity contribution in [3.05, 3.63) is 42.1 Å². The Bertz CT molecular complexity index is 595. The van der Waals surface area contributed by atoms with Crippen LogP contribution in [-0.4, -0.2) is 46.3 Å². The number of H-pyrrole nitrogens is 1. The van der Waals surface area contributed by atoms with Gasteiger partial charge in [-0.3, -0.25) is 9.89 Å². The third kappa shape index (κ3) is 6.24. The largest absolute Gasteiger partial charge is 0.481 e. The molecule has 124 valence electrons. The number of unbranched alkanes of at least 4 members (excludes halogenated alkanes) is 1. The van der Waals surface area contributed by atoms with Crippen molar-refractivity contribution in [3.63, 3.8) is 0 Å². The molecule has 0 aliphatic heterocycles. The van der Waals surface area contributed by atoms with Crippen molar-refractivity contribution >= 4 is 5.97 Å². The van der Waals surface area contributed by atoms with Gasteiger partial charge in [0.2, 0.25) is 0 Å². The van der Waals surface area contributed by atoms with Crippen molar-refractivity contribution in [3.8, 4) is 11.3 Å². The summed E-state index contributed by atoms with van der Waals surface area (Å²) in [7, 11) is 2.09. The van der Waals surface area contributed by atoms with Gasteiger partial charge in [-0.1, -0.05) is 30.3 Å². The van der Waals surface area contributed by atoms with E-state index in [4.69, 9.17) is 5.11 Å². The van der Waals surface area contributed by atoms with E-state index in [9.17, 15) is 4.79 Å². The van der Waals surface area contributed by atoms with Crippen LogP contribution < -0.4 is 0 Å². The van der Waals surface area contributed by atoms with Gasteiger partial charge in [-0.05, 0) is 51.9 Å². The first-order chi connectivity index (χ1) is 11.1. The maximum absolute atomic E-state index is 10.5. The lowest BCUT2D eigenvalue weighted by molar-refractivity contribution is -0.137. The summed E-state index contributed by atoms with van der Waals surface area (Å²) >= 11 is 0. The summed E-state index contributed by atoms with van der Waals surface area (Å²) < 4.78 is 0. The standard InChI is InChI=1S/C18H25N3O2/c1-21(12-6-5-11-18(22)23)13-7-10-16-14-17(20-19-16)15-8-3-2-4-9-15/h2-4,8-9,14H,5-7,10-13H2,1H3,(H,19,20)(H,22,23). The van der Waals surface area contributed by atoms with E-state index in [1.54, 1.807) is 0 Å². The van der Waals surface area contributed by atoms with Crippen LogP contribution in [0.15, 0.2) is 36.4 Å². The van der Waals surface area contributed by atoms with E-state index in [1.165, 1.54) is 0 Å². The number of benzene rings is 1. The molecule has 1 aromatic carbocycles. The lowest BCUT2D eigenvalue weighted by Crippen LogP contribution is -2.21. The number of hydrogen-bond acceptors (Lipinski definition) is 3. The van der Waals surface area contributed by atoms with E-state index < -0.39 is 5.97 Å². The SMILES string of the molecule is CN(CCCCC(=O)O)CCCc1cc(-c2ccccc2)n[nH]1. The molecule has 1 aromatic heterocycles. The molecule has 5 heteroatoms. The van der Waals surface area contributed by atoms with Gasteiger partial charge in [0.15, 0.2) is 0 Å². The van der Waals surface area contributed by atoms with Crippen molar-refractivity contribution < 1.29 is 9.90 Å². The third-order valence-corrected chi connectivity index (χ3v) is 3.87. The van der Waals surface area contributed by atoms with Gasteiger partial charge in [0.25, 0.3) is 0 Å². The molecule has 23 heavy (non-hydrogen) atoms. The highest BCUT2D eigenvalue weighted by atomic mass is 16.4. The monoisotopic (exact) mass is 315 g/mol. The van der Waals surface area contributed by atoms with Crippen LogP contribution in [0, 0.1) is 0 Å². The zero-order chi connectivity index (χ0) is 16.5. The number of carboxylic acids is 1. The molecule has 2 N–H and O–H groups in total.